The summed E-state index contributed by atoms with van der Waals surface area (Å²) >= 11 is 0. The number of rotatable bonds is 8. The number of nitro groups is 1. The van der Waals surface area contributed by atoms with Crippen molar-refractivity contribution in [2.24, 2.45) is 11.8 Å². The Morgan fingerprint density at radius 1 is 1.28 bits per heavy atom. The summed E-state index contributed by atoms with van der Waals surface area (Å²) in [4.78, 5) is 24.8. The molecule has 0 aliphatic rings. The second-order valence-electron chi connectivity index (χ2n) is 6.62. The summed E-state index contributed by atoms with van der Waals surface area (Å²) in [6.07, 6.45) is 1.53. The Kier molecular flexibility index (Phi) is 7.60. The van der Waals surface area contributed by atoms with E-state index in [1.54, 1.807) is 6.07 Å². The third kappa shape index (κ3) is 6.63. The first-order valence-corrected chi connectivity index (χ1v) is 8.15. The van der Waals surface area contributed by atoms with Crippen LogP contribution in [-0.4, -0.2) is 28.8 Å². The monoisotopic (exact) mass is 344 g/mol. The van der Waals surface area contributed by atoms with Gasteiger partial charge in [0, 0.05) is 25.4 Å². The molecule has 0 atom stereocenters. The fourth-order valence-electron chi connectivity index (χ4n) is 2.37. The van der Waals surface area contributed by atoms with Crippen molar-refractivity contribution in [1.29, 1.82) is 5.26 Å². The van der Waals surface area contributed by atoms with E-state index in [9.17, 15) is 20.2 Å². The van der Waals surface area contributed by atoms with Crippen molar-refractivity contribution >= 4 is 17.3 Å². The summed E-state index contributed by atoms with van der Waals surface area (Å²) in [5, 5.41) is 22.8. The molecule has 7 nitrogen and oxygen atoms in total. The zero-order valence-electron chi connectivity index (χ0n) is 15.0. The highest BCUT2D eigenvalue weighted by molar-refractivity contribution is 6.07. The van der Waals surface area contributed by atoms with Crippen LogP contribution in [0, 0.1) is 33.3 Å². The molecule has 0 fully saturated rings. The van der Waals surface area contributed by atoms with Gasteiger partial charge in [-0.1, -0.05) is 39.8 Å². The van der Waals surface area contributed by atoms with E-state index in [1.807, 2.05) is 11.0 Å². The van der Waals surface area contributed by atoms with Crippen LogP contribution in [0.4, 0.5) is 11.4 Å². The largest absolute Gasteiger partial charge is 0.376 e. The number of carbonyl (C=O) groups is 1. The molecule has 0 heterocycles. The standard InChI is InChI=1S/C18H24N4O3/c1-13(2)10-21(11-14(3)4)12-15(9-19)18(23)20-16-7-5-6-8-17(16)22(24)25/h5-8,12-14H,10-11H2,1-4H3,(H,20,23)/b15-12-. The average molecular weight is 344 g/mol. The molecule has 1 aromatic rings. The van der Waals surface area contributed by atoms with E-state index >= 15 is 0 Å². The Morgan fingerprint density at radius 2 is 1.84 bits per heavy atom. The second kappa shape index (κ2) is 9.42. The van der Waals surface area contributed by atoms with E-state index in [1.165, 1.54) is 24.4 Å². The van der Waals surface area contributed by atoms with Gasteiger partial charge in [-0.15, -0.1) is 0 Å². The van der Waals surface area contributed by atoms with Crippen LogP contribution < -0.4 is 5.32 Å². The van der Waals surface area contributed by atoms with Crippen LogP contribution in [0.5, 0.6) is 0 Å². The van der Waals surface area contributed by atoms with Gasteiger partial charge in [-0.05, 0) is 17.9 Å². The minimum atomic E-state index is -0.658. The molecule has 134 valence electrons. The Bertz CT molecular complexity index is 680. The minimum absolute atomic E-state index is 0.0675. The molecule has 1 rings (SSSR count). The van der Waals surface area contributed by atoms with Gasteiger partial charge in [0.15, 0.2) is 0 Å². The molecule has 0 aliphatic carbocycles. The van der Waals surface area contributed by atoms with E-state index in [-0.39, 0.29) is 16.9 Å². The van der Waals surface area contributed by atoms with Gasteiger partial charge in [0.2, 0.25) is 0 Å². The van der Waals surface area contributed by atoms with Crippen LogP contribution in [0.25, 0.3) is 0 Å². The number of nitriles is 1. The maximum atomic E-state index is 12.4. The molecule has 1 N–H and O–H groups in total. The molecule has 0 aromatic heterocycles. The van der Waals surface area contributed by atoms with Crippen molar-refractivity contribution in [3.05, 3.63) is 46.2 Å². The third-order valence-electron chi connectivity index (χ3n) is 3.23. The fourth-order valence-corrected chi connectivity index (χ4v) is 2.37. The summed E-state index contributed by atoms with van der Waals surface area (Å²) in [6, 6.07) is 7.72. The van der Waals surface area contributed by atoms with E-state index < -0.39 is 10.8 Å². The zero-order chi connectivity index (χ0) is 19.0. The Morgan fingerprint density at radius 3 is 2.32 bits per heavy atom. The van der Waals surface area contributed by atoms with Gasteiger partial charge in [-0.2, -0.15) is 5.26 Å². The number of carbonyl (C=O) groups excluding carboxylic acids is 1. The normalized spacial score (nSPS) is 11.3. The van der Waals surface area contributed by atoms with Gasteiger partial charge >= 0.3 is 0 Å². The summed E-state index contributed by atoms with van der Waals surface area (Å²) in [5.41, 5.74) is -0.230. The maximum absolute atomic E-state index is 12.4. The fraction of sp³-hybridized carbons (Fsp3) is 0.444. The lowest BCUT2D eigenvalue weighted by Crippen LogP contribution is -2.28. The van der Waals surface area contributed by atoms with Crippen LogP contribution in [0.3, 0.4) is 0 Å². The van der Waals surface area contributed by atoms with Crippen LogP contribution in [0.15, 0.2) is 36.0 Å². The molecular weight excluding hydrogens is 320 g/mol. The third-order valence-corrected chi connectivity index (χ3v) is 3.23. The highest BCUT2D eigenvalue weighted by Crippen LogP contribution is 2.23. The van der Waals surface area contributed by atoms with Crippen molar-refractivity contribution in [2.75, 3.05) is 18.4 Å². The first-order chi connectivity index (χ1) is 11.7. The molecule has 0 radical (unpaired) electrons. The lowest BCUT2D eigenvalue weighted by Gasteiger charge is -2.25. The second-order valence-corrected chi connectivity index (χ2v) is 6.62. The zero-order valence-corrected chi connectivity index (χ0v) is 15.0. The number of hydrogen-bond donors (Lipinski definition) is 1. The topological polar surface area (TPSA) is 99.3 Å². The van der Waals surface area contributed by atoms with Gasteiger partial charge in [0.05, 0.1) is 4.92 Å². The molecule has 0 saturated carbocycles. The molecule has 0 bridgehead atoms. The van der Waals surface area contributed by atoms with Crippen LogP contribution in [0.2, 0.25) is 0 Å². The SMILES string of the molecule is CC(C)CN(/C=C(/C#N)C(=O)Nc1ccccc1[N+](=O)[O-])CC(C)C. The molecule has 0 unspecified atom stereocenters. The molecular formula is C18H24N4O3. The van der Waals surface area contributed by atoms with Crippen molar-refractivity contribution in [1.82, 2.24) is 4.90 Å². The van der Waals surface area contributed by atoms with Gasteiger partial charge in [0.25, 0.3) is 11.6 Å². The molecule has 0 spiro atoms. The first kappa shape index (κ1) is 20.2. The molecule has 0 saturated heterocycles. The lowest BCUT2D eigenvalue weighted by atomic mass is 10.1. The van der Waals surface area contributed by atoms with E-state index in [4.69, 9.17) is 0 Å². The van der Waals surface area contributed by atoms with Crippen molar-refractivity contribution in [3.8, 4) is 6.07 Å². The Hall–Kier alpha value is -2.88. The average Bonchev–Trinajstić information content (AvgIpc) is 2.51. The predicted molar refractivity (Wildman–Crippen MR) is 96.7 cm³/mol. The van der Waals surface area contributed by atoms with Crippen molar-refractivity contribution in [3.63, 3.8) is 0 Å². The van der Waals surface area contributed by atoms with Crippen LogP contribution >= 0.6 is 0 Å². The number of nitrogens with zero attached hydrogens (tertiary/aromatic N) is 3. The summed E-state index contributed by atoms with van der Waals surface area (Å²) in [6.45, 7) is 9.65. The van der Waals surface area contributed by atoms with Crippen molar-refractivity contribution < 1.29 is 9.72 Å². The minimum Gasteiger partial charge on any atom is -0.376 e. The number of anilines is 1. The van der Waals surface area contributed by atoms with E-state index in [0.717, 1.165) is 0 Å². The first-order valence-electron chi connectivity index (χ1n) is 8.15. The summed E-state index contributed by atoms with van der Waals surface area (Å²) in [7, 11) is 0. The number of para-hydroxylation sites is 2. The van der Waals surface area contributed by atoms with Gasteiger partial charge in [0.1, 0.15) is 17.3 Å². The van der Waals surface area contributed by atoms with Gasteiger partial charge in [-0.25, -0.2) is 0 Å². The van der Waals surface area contributed by atoms with Gasteiger partial charge < -0.3 is 10.2 Å². The van der Waals surface area contributed by atoms with Crippen molar-refractivity contribution in [2.45, 2.75) is 27.7 Å². The highest BCUT2D eigenvalue weighted by atomic mass is 16.6. The highest BCUT2D eigenvalue weighted by Gasteiger charge is 2.18. The Labute approximate surface area is 148 Å². The number of nitrogens with one attached hydrogen (secondary N) is 1. The summed E-state index contributed by atoms with van der Waals surface area (Å²) < 4.78 is 0. The number of hydrogen-bond acceptors (Lipinski definition) is 5. The number of benzene rings is 1. The van der Waals surface area contributed by atoms with E-state index in [2.05, 4.69) is 33.0 Å². The summed E-state index contributed by atoms with van der Waals surface area (Å²) in [5.74, 6) is 0.0794. The molecule has 1 amide bonds. The predicted octanol–water partition coefficient (Wildman–Crippen LogP) is 3.55. The van der Waals surface area contributed by atoms with Gasteiger partial charge in [-0.3, -0.25) is 14.9 Å². The number of amides is 1. The number of nitro benzene ring substituents is 1. The maximum Gasteiger partial charge on any atom is 0.292 e. The van der Waals surface area contributed by atoms with Crippen LogP contribution in [0.1, 0.15) is 27.7 Å². The van der Waals surface area contributed by atoms with E-state index in [0.29, 0.717) is 24.9 Å². The molecule has 7 heteroatoms. The Balaban J connectivity index is 3.03. The van der Waals surface area contributed by atoms with Crippen LogP contribution in [-0.2, 0) is 4.79 Å². The lowest BCUT2D eigenvalue weighted by molar-refractivity contribution is -0.383. The smallest absolute Gasteiger partial charge is 0.292 e. The quantitative estimate of drug-likeness (QED) is 0.336. The molecule has 0 aliphatic heterocycles. The molecule has 25 heavy (non-hydrogen) atoms. The molecule has 1 aromatic carbocycles.